The second kappa shape index (κ2) is 3.81. The van der Waals surface area contributed by atoms with E-state index in [4.69, 9.17) is 0 Å². The molecule has 0 aliphatic rings. The van der Waals surface area contributed by atoms with Crippen molar-refractivity contribution in [3.8, 4) is 5.75 Å². The molecule has 1 aromatic carbocycles. The monoisotopic (exact) mass is 209 g/mol. The molecule has 2 nitrogen and oxygen atoms in total. The summed E-state index contributed by atoms with van der Waals surface area (Å²) in [5.41, 5.74) is 0.844. The number of hydrogen-bond acceptors (Lipinski definition) is 2. The van der Waals surface area contributed by atoms with Gasteiger partial charge in [-0.3, -0.25) is 4.98 Å². The number of ether oxygens (including phenoxy) is 1. The van der Waals surface area contributed by atoms with E-state index in [-0.39, 0.29) is 5.75 Å². The number of halogens is 2. The average Bonchev–Trinajstić information content (AvgIpc) is 2.16. The maximum Gasteiger partial charge on any atom is 0.387 e. The first kappa shape index (κ1) is 9.83. The number of fused-ring (bicyclic) bond motifs is 1. The smallest absolute Gasteiger partial charge is 0.387 e. The third-order valence-corrected chi connectivity index (χ3v) is 2.06. The van der Waals surface area contributed by atoms with Crippen LogP contribution in [0.3, 0.4) is 0 Å². The molecule has 2 rings (SSSR count). The van der Waals surface area contributed by atoms with Gasteiger partial charge in [0.05, 0.1) is 0 Å². The van der Waals surface area contributed by atoms with Crippen LogP contribution in [0.15, 0.2) is 30.5 Å². The minimum Gasteiger partial charge on any atom is -0.435 e. The fourth-order valence-electron chi connectivity index (χ4n) is 1.41. The van der Waals surface area contributed by atoms with E-state index in [0.717, 1.165) is 16.5 Å². The van der Waals surface area contributed by atoms with Crippen LogP contribution in [-0.4, -0.2) is 11.6 Å². The van der Waals surface area contributed by atoms with Gasteiger partial charge < -0.3 is 4.74 Å². The summed E-state index contributed by atoms with van der Waals surface area (Å²) >= 11 is 0. The average molecular weight is 209 g/mol. The highest BCUT2D eigenvalue weighted by Gasteiger charge is 2.04. The van der Waals surface area contributed by atoms with Crippen molar-refractivity contribution in [3.63, 3.8) is 0 Å². The van der Waals surface area contributed by atoms with E-state index in [1.165, 1.54) is 6.07 Å². The molecule has 0 bridgehead atoms. The van der Waals surface area contributed by atoms with E-state index in [2.05, 4.69) is 9.72 Å². The van der Waals surface area contributed by atoms with Gasteiger partial charge in [0.25, 0.3) is 0 Å². The minimum absolute atomic E-state index is 0.170. The molecule has 0 saturated heterocycles. The minimum atomic E-state index is -2.79. The summed E-state index contributed by atoms with van der Waals surface area (Å²) in [6.45, 7) is -0.939. The van der Waals surface area contributed by atoms with Gasteiger partial charge >= 0.3 is 6.61 Å². The van der Waals surface area contributed by atoms with Crippen LogP contribution in [0.4, 0.5) is 8.78 Å². The summed E-state index contributed by atoms with van der Waals surface area (Å²) in [7, 11) is 0. The van der Waals surface area contributed by atoms with Gasteiger partial charge in [-0.05, 0) is 36.6 Å². The highest BCUT2D eigenvalue weighted by Crippen LogP contribution is 2.22. The first-order valence-corrected chi connectivity index (χ1v) is 4.46. The molecule has 0 saturated carbocycles. The van der Waals surface area contributed by atoms with Crippen molar-refractivity contribution >= 4 is 10.8 Å². The Morgan fingerprint density at radius 2 is 2.00 bits per heavy atom. The molecule has 0 radical (unpaired) electrons. The van der Waals surface area contributed by atoms with E-state index in [1.807, 2.05) is 13.0 Å². The predicted molar refractivity (Wildman–Crippen MR) is 53.1 cm³/mol. The lowest BCUT2D eigenvalue weighted by Crippen LogP contribution is -2.01. The SMILES string of the molecule is Cc1cc2cc(OC(F)F)ccc2cn1. The van der Waals surface area contributed by atoms with Crippen LogP contribution >= 0.6 is 0 Å². The quantitative estimate of drug-likeness (QED) is 0.758. The van der Waals surface area contributed by atoms with Crippen molar-refractivity contribution in [2.24, 2.45) is 0 Å². The summed E-state index contributed by atoms with van der Waals surface area (Å²) in [4.78, 5) is 4.11. The Bertz CT molecular complexity index is 485. The third kappa shape index (κ3) is 2.21. The van der Waals surface area contributed by atoms with Gasteiger partial charge in [0.15, 0.2) is 0 Å². The zero-order valence-electron chi connectivity index (χ0n) is 8.08. The Hall–Kier alpha value is -1.71. The molecule has 1 heterocycles. The number of pyridine rings is 1. The van der Waals surface area contributed by atoms with Crippen molar-refractivity contribution in [2.75, 3.05) is 0 Å². The fourth-order valence-corrected chi connectivity index (χ4v) is 1.41. The fraction of sp³-hybridized carbons (Fsp3) is 0.182. The molecule has 78 valence electrons. The number of alkyl halides is 2. The number of hydrogen-bond donors (Lipinski definition) is 0. The van der Waals surface area contributed by atoms with Gasteiger partial charge in [-0.1, -0.05) is 0 Å². The van der Waals surface area contributed by atoms with E-state index < -0.39 is 6.61 Å². The molecule has 0 spiro atoms. The van der Waals surface area contributed by atoms with Crippen molar-refractivity contribution in [3.05, 3.63) is 36.2 Å². The van der Waals surface area contributed by atoms with Crippen LogP contribution in [0, 0.1) is 6.92 Å². The van der Waals surface area contributed by atoms with E-state index in [0.29, 0.717) is 0 Å². The molecule has 0 amide bonds. The summed E-state index contributed by atoms with van der Waals surface area (Å²) in [6, 6.07) is 6.62. The van der Waals surface area contributed by atoms with Crippen LogP contribution in [0.1, 0.15) is 5.69 Å². The molecule has 0 atom stereocenters. The Morgan fingerprint density at radius 3 is 2.73 bits per heavy atom. The molecule has 0 unspecified atom stereocenters. The van der Waals surface area contributed by atoms with Crippen molar-refractivity contribution in [1.82, 2.24) is 4.98 Å². The normalized spacial score (nSPS) is 10.9. The highest BCUT2D eigenvalue weighted by atomic mass is 19.3. The molecule has 4 heteroatoms. The Morgan fingerprint density at radius 1 is 1.20 bits per heavy atom. The Labute approximate surface area is 85.5 Å². The van der Waals surface area contributed by atoms with Gasteiger partial charge in [-0.25, -0.2) is 0 Å². The maximum atomic E-state index is 12.0. The molecule has 15 heavy (non-hydrogen) atoms. The van der Waals surface area contributed by atoms with Gasteiger partial charge in [-0.15, -0.1) is 0 Å². The van der Waals surface area contributed by atoms with Crippen LogP contribution in [-0.2, 0) is 0 Å². The first-order chi connectivity index (χ1) is 7.15. The number of aromatic nitrogens is 1. The molecule has 2 aromatic rings. The van der Waals surface area contributed by atoms with E-state index in [9.17, 15) is 8.78 Å². The summed E-state index contributed by atoms with van der Waals surface area (Å²) in [6.07, 6.45) is 1.71. The van der Waals surface area contributed by atoms with Crippen LogP contribution < -0.4 is 4.74 Å². The van der Waals surface area contributed by atoms with Crippen molar-refractivity contribution in [1.29, 1.82) is 0 Å². The second-order valence-electron chi connectivity index (χ2n) is 3.21. The Kier molecular flexibility index (Phi) is 2.49. The molecular weight excluding hydrogens is 200 g/mol. The number of nitrogens with zero attached hydrogens (tertiary/aromatic N) is 1. The molecule has 0 fully saturated rings. The maximum absolute atomic E-state index is 12.0. The van der Waals surface area contributed by atoms with Crippen molar-refractivity contribution in [2.45, 2.75) is 13.5 Å². The lowest BCUT2D eigenvalue weighted by Gasteiger charge is -2.05. The van der Waals surface area contributed by atoms with E-state index >= 15 is 0 Å². The van der Waals surface area contributed by atoms with Crippen LogP contribution in [0.25, 0.3) is 10.8 Å². The third-order valence-electron chi connectivity index (χ3n) is 2.06. The zero-order chi connectivity index (χ0) is 10.8. The first-order valence-electron chi connectivity index (χ1n) is 4.46. The molecule has 1 aromatic heterocycles. The predicted octanol–water partition coefficient (Wildman–Crippen LogP) is 3.14. The number of aryl methyl sites for hydroxylation is 1. The van der Waals surface area contributed by atoms with Crippen LogP contribution in [0.5, 0.6) is 5.75 Å². The van der Waals surface area contributed by atoms with Crippen molar-refractivity contribution < 1.29 is 13.5 Å². The molecule has 0 aliphatic carbocycles. The lowest BCUT2D eigenvalue weighted by molar-refractivity contribution is -0.0497. The second-order valence-corrected chi connectivity index (χ2v) is 3.21. The summed E-state index contributed by atoms with van der Waals surface area (Å²) in [5.74, 6) is 0.170. The highest BCUT2D eigenvalue weighted by molar-refractivity contribution is 5.83. The largest absolute Gasteiger partial charge is 0.435 e. The molecule has 0 N–H and O–H groups in total. The number of rotatable bonds is 2. The zero-order valence-corrected chi connectivity index (χ0v) is 8.08. The van der Waals surface area contributed by atoms with Crippen LogP contribution in [0.2, 0.25) is 0 Å². The van der Waals surface area contributed by atoms with Gasteiger partial charge in [0.2, 0.25) is 0 Å². The number of benzene rings is 1. The topological polar surface area (TPSA) is 22.1 Å². The Balaban J connectivity index is 2.45. The van der Waals surface area contributed by atoms with Gasteiger partial charge in [0, 0.05) is 17.3 Å². The van der Waals surface area contributed by atoms with E-state index in [1.54, 1.807) is 18.3 Å². The standard InChI is InChI=1S/C11H9F2NO/c1-7-4-9-5-10(15-11(12)13)3-2-8(9)6-14-7/h2-6,11H,1H3. The van der Waals surface area contributed by atoms with Gasteiger partial charge in [-0.2, -0.15) is 8.78 Å². The summed E-state index contributed by atoms with van der Waals surface area (Å²) in [5, 5.41) is 1.75. The van der Waals surface area contributed by atoms with Gasteiger partial charge in [0.1, 0.15) is 5.75 Å². The molecular formula is C11H9F2NO. The summed E-state index contributed by atoms with van der Waals surface area (Å²) < 4.78 is 28.2. The lowest BCUT2D eigenvalue weighted by atomic mass is 10.1. The molecule has 0 aliphatic heterocycles.